The highest BCUT2D eigenvalue weighted by molar-refractivity contribution is 9.10. The minimum absolute atomic E-state index is 0.0677. The smallest absolute Gasteiger partial charge is 0.177 e. The van der Waals surface area contributed by atoms with Crippen LogP contribution in [0.3, 0.4) is 0 Å². The summed E-state index contributed by atoms with van der Waals surface area (Å²) < 4.78 is 0. The van der Waals surface area contributed by atoms with Crippen LogP contribution in [0.25, 0.3) is 0 Å². The molecule has 0 aliphatic rings. The van der Waals surface area contributed by atoms with Gasteiger partial charge in [-0.25, -0.2) is 0 Å². The minimum atomic E-state index is -0.133. The Morgan fingerprint density at radius 2 is 2.45 bits per heavy atom. The molecule has 0 unspecified atom stereocenters. The Labute approximate surface area is 73.8 Å². The topological polar surface area (TPSA) is 30.0 Å². The first-order chi connectivity index (χ1) is 5.22. The van der Waals surface area contributed by atoms with E-state index in [1.165, 1.54) is 0 Å². The third kappa shape index (κ3) is 2.12. The Balaban J connectivity index is 2.86. The van der Waals surface area contributed by atoms with Crippen LogP contribution in [0, 0.1) is 0 Å². The van der Waals surface area contributed by atoms with Crippen molar-refractivity contribution in [2.75, 3.05) is 0 Å². The van der Waals surface area contributed by atoms with Gasteiger partial charge in [0.05, 0.1) is 4.83 Å². The number of halogens is 1. The maximum absolute atomic E-state index is 11.3. The molecule has 0 aromatic carbocycles. The quantitative estimate of drug-likeness (QED) is 0.557. The molecule has 1 rings (SSSR count). The molecule has 0 aliphatic heterocycles. The molecule has 0 saturated heterocycles. The number of aromatic nitrogens is 1. The molecule has 58 valence electrons. The number of carbonyl (C=O) groups is 1. The highest BCUT2D eigenvalue weighted by atomic mass is 79.9. The number of rotatable bonds is 2. The third-order valence-corrected chi connectivity index (χ3v) is 1.72. The first-order valence-electron chi connectivity index (χ1n) is 3.30. The fourth-order valence-electron chi connectivity index (χ4n) is 0.738. The van der Waals surface area contributed by atoms with Crippen LogP contribution in [0.4, 0.5) is 0 Å². The van der Waals surface area contributed by atoms with Gasteiger partial charge in [0.1, 0.15) is 0 Å². The summed E-state index contributed by atoms with van der Waals surface area (Å²) in [5.74, 6) is 0.0677. The number of nitrogens with zero attached hydrogens (tertiary/aromatic N) is 1. The maximum Gasteiger partial charge on any atom is 0.177 e. The van der Waals surface area contributed by atoms with E-state index in [1.54, 1.807) is 31.5 Å². The molecule has 1 aromatic rings. The molecule has 11 heavy (non-hydrogen) atoms. The zero-order valence-electron chi connectivity index (χ0n) is 6.12. The van der Waals surface area contributed by atoms with Gasteiger partial charge in [-0.05, 0) is 19.1 Å². The molecule has 0 saturated carbocycles. The second-order valence-corrected chi connectivity index (χ2v) is 3.60. The lowest BCUT2D eigenvalue weighted by Gasteiger charge is -1.99. The van der Waals surface area contributed by atoms with E-state index < -0.39 is 0 Å². The molecule has 0 radical (unpaired) electrons. The number of Topliss-reactive ketones (excluding diaryl/α,β-unsaturated/α-hetero) is 1. The van der Waals surface area contributed by atoms with Crippen LogP contribution < -0.4 is 0 Å². The van der Waals surface area contributed by atoms with Crippen molar-refractivity contribution in [3.63, 3.8) is 0 Å². The fourth-order valence-corrected chi connectivity index (χ4v) is 1.00. The predicted molar refractivity (Wildman–Crippen MR) is 47.0 cm³/mol. The highest BCUT2D eigenvalue weighted by Crippen LogP contribution is 2.07. The number of ketones is 1. The fraction of sp³-hybridized carbons (Fsp3) is 0.250. The van der Waals surface area contributed by atoms with Crippen molar-refractivity contribution in [2.45, 2.75) is 11.8 Å². The van der Waals surface area contributed by atoms with Gasteiger partial charge >= 0.3 is 0 Å². The summed E-state index contributed by atoms with van der Waals surface area (Å²) in [6, 6.07) is 3.51. The van der Waals surface area contributed by atoms with Crippen LogP contribution in [0.1, 0.15) is 17.3 Å². The van der Waals surface area contributed by atoms with Crippen molar-refractivity contribution < 1.29 is 4.79 Å². The van der Waals surface area contributed by atoms with E-state index in [9.17, 15) is 4.79 Å². The Morgan fingerprint density at radius 3 is 2.91 bits per heavy atom. The van der Waals surface area contributed by atoms with E-state index in [0.29, 0.717) is 5.56 Å². The number of hydrogen-bond acceptors (Lipinski definition) is 2. The van der Waals surface area contributed by atoms with E-state index in [1.807, 2.05) is 0 Å². The van der Waals surface area contributed by atoms with Crippen molar-refractivity contribution in [1.82, 2.24) is 4.98 Å². The van der Waals surface area contributed by atoms with Gasteiger partial charge < -0.3 is 0 Å². The van der Waals surface area contributed by atoms with Crippen molar-refractivity contribution in [2.24, 2.45) is 0 Å². The maximum atomic E-state index is 11.3. The lowest BCUT2D eigenvalue weighted by atomic mass is 10.1. The largest absolute Gasteiger partial charge is 0.293 e. The molecule has 0 bridgehead atoms. The lowest BCUT2D eigenvalue weighted by Crippen LogP contribution is -2.09. The van der Waals surface area contributed by atoms with E-state index in [-0.39, 0.29) is 10.6 Å². The molecule has 1 heterocycles. The van der Waals surface area contributed by atoms with Crippen molar-refractivity contribution in [3.05, 3.63) is 30.1 Å². The summed E-state index contributed by atoms with van der Waals surface area (Å²) in [6.07, 6.45) is 3.22. The SMILES string of the molecule is C[C@@H](Br)C(=O)c1cccnc1. The van der Waals surface area contributed by atoms with Crippen molar-refractivity contribution in [3.8, 4) is 0 Å². The normalized spacial score (nSPS) is 12.5. The summed E-state index contributed by atoms with van der Waals surface area (Å²) >= 11 is 3.20. The summed E-state index contributed by atoms with van der Waals surface area (Å²) in [5.41, 5.74) is 0.650. The van der Waals surface area contributed by atoms with Crippen LogP contribution in [-0.4, -0.2) is 15.6 Å². The molecule has 3 heteroatoms. The summed E-state index contributed by atoms with van der Waals surface area (Å²) in [4.78, 5) is 15.0. The molecule has 0 amide bonds. The van der Waals surface area contributed by atoms with Gasteiger partial charge in [-0.1, -0.05) is 15.9 Å². The highest BCUT2D eigenvalue weighted by Gasteiger charge is 2.10. The molecule has 0 aliphatic carbocycles. The predicted octanol–water partition coefficient (Wildman–Crippen LogP) is 2.05. The minimum Gasteiger partial charge on any atom is -0.293 e. The van der Waals surface area contributed by atoms with Crippen LogP contribution in [0.5, 0.6) is 0 Å². The molecule has 0 fully saturated rings. The molecule has 1 aromatic heterocycles. The number of alkyl halides is 1. The second kappa shape index (κ2) is 3.62. The van der Waals surface area contributed by atoms with Crippen LogP contribution in [0.15, 0.2) is 24.5 Å². The molecule has 1 atom stereocenters. The van der Waals surface area contributed by atoms with Gasteiger partial charge in [-0.15, -0.1) is 0 Å². The zero-order chi connectivity index (χ0) is 8.27. The van der Waals surface area contributed by atoms with Crippen LogP contribution >= 0.6 is 15.9 Å². The van der Waals surface area contributed by atoms with Crippen molar-refractivity contribution >= 4 is 21.7 Å². The third-order valence-electron chi connectivity index (χ3n) is 1.31. The Bertz CT molecular complexity index is 246. The van der Waals surface area contributed by atoms with Gasteiger partial charge in [0, 0.05) is 18.0 Å². The van der Waals surface area contributed by atoms with Crippen LogP contribution in [0.2, 0.25) is 0 Å². The van der Waals surface area contributed by atoms with E-state index >= 15 is 0 Å². The number of pyridine rings is 1. The lowest BCUT2D eigenvalue weighted by molar-refractivity contribution is 0.0995. The van der Waals surface area contributed by atoms with Gasteiger partial charge in [0.15, 0.2) is 5.78 Å². The van der Waals surface area contributed by atoms with E-state index in [0.717, 1.165) is 0 Å². The van der Waals surface area contributed by atoms with Gasteiger partial charge in [0.25, 0.3) is 0 Å². The Morgan fingerprint density at radius 1 is 1.73 bits per heavy atom. The Kier molecular flexibility index (Phi) is 2.76. The van der Waals surface area contributed by atoms with Gasteiger partial charge in [-0.3, -0.25) is 9.78 Å². The zero-order valence-corrected chi connectivity index (χ0v) is 7.71. The first kappa shape index (κ1) is 8.40. The second-order valence-electron chi connectivity index (χ2n) is 2.22. The summed E-state index contributed by atoms with van der Waals surface area (Å²) in [5, 5.41) is 0. The first-order valence-corrected chi connectivity index (χ1v) is 4.21. The molecule has 0 spiro atoms. The molecular formula is C8H8BrNO. The molecule has 0 N–H and O–H groups in total. The monoisotopic (exact) mass is 213 g/mol. The van der Waals surface area contributed by atoms with Gasteiger partial charge in [-0.2, -0.15) is 0 Å². The average molecular weight is 214 g/mol. The number of hydrogen-bond donors (Lipinski definition) is 0. The van der Waals surface area contributed by atoms with Gasteiger partial charge in [0.2, 0.25) is 0 Å². The molecular weight excluding hydrogens is 206 g/mol. The standard InChI is InChI=1S/C8H8BrNO/c1-6(9)8(11)7-3-2-4-10-5-7/h2-6H,1H3/t6-/m1/s1. The summed E-state index contributed by atoms with van der Waals surface area (Å²) in [6.45, 7) is 1.80. The van der Waals surface area contributed by atoms with E-state index in [4.69, 9.17) is 0 Å². The summed E-state index contributed by atoms with van der Waals surface area (Å²) in [7, 11) is 0. The number of carbonyl (C=O) groups excluding carboxylic acids is 1. The average Bonchev–Trinajstić information content (AvgIpc) is 2.05. The Hall–Kier alpha value is -0.700. The van der Waals surface area contributed by atoms with Crippen molar-refractivity contribution in [1.29, 1.82) is 0 Å². The van der Waals surface area contributed by atoms with Crippen LogP contribution in [-0.2, 0) is 0 Å². The molecule has 2 nitrogen and oxygen atoms in total. The van der Waals surface area contributed by atoms with E-state index in [2.05, 4.69) is 20.9 Å².